The van der Waals surface area contributed by atoms with Crippen LogP contribution >= 0.6 is 0 Å². The third-order valence-corrected chi connectivity index (χ3v) is 10.4. The number of hydrogen-bond acceptors (Lipinski definition) is 7. The van der Waals surface area contributed by atoms with E-state index in [1.54, 1.807) is 11.7 Å². The van der Waals surface area contributed by atoms with Gasteiger partial charge >= 0.3 is 0 Å². The minimum Gasteiger partial charge on any atom is -0.388 e. The normalized spacial score (nSPS) is 15.6. The Kier molecular flexibility index (Phi) is 13.2. The average Bonchev–Trinajstić information content (AvgIpc) is 3.47. The maximum absolute atomic E-state index is 13.6. The lowest BCUT2D eigenvalue weighted by Gasteiger charge is -2.38. The number of rotatable bonds is 18. The smallest absolute Gasteiger partial charge is 0.281 e. The highest BCUT2D eigenvalue weighted by Crippen LogP contribution is 2.28. The van der Waals surface area contributed by atoms with Crippen molar-refractivity contribution in [2.45, 2.75) is 103 Å². The fraction of sp³-hybridized carbons (Fsp3) is 0.525. The molecule has 5 rings (SSSR count). The molecule has 11 nitrogen and oxygen atoms in total. The summed E-state index contributed by atoms with van der Waals surface area (Å²) in [5.41, 5.74) is 8.90. The number of aliphatic hydroxyl groups is 1. The van der Waals surface area contributed by atoms with Crippen LogP contribution in [-0.2, 0) is 29.7 Å². The molecule has 274 valence electrons. The fourth-order valence-corrected chi connectivity index (χ4v) is 7.20. The molecular weight excluding hydrogens is 642 g/mol. The Morgan fingerprint density at radius 1 is 0.980 bits per heavy atom. The molecule has 0 aliphatic carbocycles. The molecule has 1 fully saturated rings. The Bertz CT molecular complexity index is 1790. The van der Waals surface area contributed by atoms with Crippen molar-refractivity contribution in [3.63, 3.8) is 0 Å². The Hall–Kier alpha value is -4.35. The van der Waals surface area contributed by atoms with Gasteiger partial charge in [0.1, 0.15) is 5.52 Å². The highest BCUT2D eigenvalue weighted by atomic mass is 16.3. The first-order valence-electron chi connectivity index (χ1n) is 18.6. The van der Waals surface area contributed by atoms with Crippen LogP contribution < -0.4 is 16.6 Å². The summed E-state index contributed by atoms with van der Waals surface area (Å²) in [6.45, 7) is 6.72. The first kappa shape index (κ1) is 37.9. The van der Waals surface area contributed by atoms with Gasteiger partial charge in [0.05, 0.1) is 24.2 Å². The number of nitrogens with one attached hydrogen (secondary N) is 1. The number of nitrogens with two attached hydrogens (primary N) is 1. The molecule has 1 aliphatic rings. The van der Waals surface area contributed by atoms with Crippen LogP contribution in [0.5, 0.6) is 0 Å². The summed E-state index contributed by atoms with van der Waals surface area (Å²) in [5.74, 6) is -0.0410. The largest absolute Gasteiger partial charge is 0.388 e. The standard InChI is InChI=1S/C40H55N7O4/c1-4-5-6-8-14-33(38(41)49)15-11-22-42-26-30-16-18-32(19-17-30)37-35-36(44-45(37)3)39(50)47(28-43-35)27-40(51)20-23-46(24-21-40)34(48)25-29(2)31-12-9-7-10-13-31/h7,9-10,12-13,16-19,28-29,33,42,51H,4-6,8,11,14-15,20-27H2,1-3H3,(H2,41,49). The van der Waals surface area contributed by atoms with Crippen molar-refractivity contribution >= 4 is 22.8 Å². The first-order valence-corrected chi connectivity index (χ1v) is 18.6. The average molecular weight is 698 g/mol. The number of amides is 2. The molecule has 0 spiro atoms. The summed E-state index contributed by atoms with van der Waals surface area (Å²) in [5, 5.41) is 19.5. The van der Waals surface area contributed by atoms with Crippen LogP contribution in [0.4, 0.5) is 0 Å². The molecule has 2 amide bonds. The van der Waals surface area contributed by atoms with Gasteiger partial charge in [-0.1, -0.05) is 94.1 Å². The van der Waals surface area contributed by atoms with E-state index in [0.717, 1.165) is 61.0 Å². The minimum absolute atomic E-state index is 0.0473. The van der Waals surface area contributed by atoms with E-state index in [0.29, 0.717) is 44.4 Å². The van der Waals surface area contributed by atoms with Crippen LogP contribution in [0.3, 0.4) is 0 Å². The fourth-order valence-electron chi connectivity index (χ4n) is 7.20. The first-order chi connectivity index (χ1) is 24.6. The number of fused-ring (bicyclic) bond motifs is 1. The lowest BCUT2D eigenvalue weighted by Crippen LogP contribution is -2.49. The molecule has 2 atom stereocenters. The van der Waals surface area contributed by atoms with Crippen molar-refractivity contribution in [2.24, 2.45) is 18.7 Å². The molecule has 4 aromatic rings. The molecule has 2 unspecified atom stereocenters. The SMILES string of the molecule is CCCCCCC(CCCNCc1ccc(-c2c3ncn(CC4(O)CCN(C(=O)CC(C)c5ccccc5)CC4)c(=O)c3nn2C)cc1)C(N)=O. The van der Waals surface area contributed by atoms with Gasteiger partial charge in [0.2, 0.25) is 11.8 Å². The van der Waals surface area contributed by atoms with Crippen molar-refractivity contribution in [2.75, 3.05) is 19.6 Å². The molecule has 4 N–H and O–H groups in total. The molecule has 1 aliphatic heterocycles. The number of primary amides is 1. The zero-order valence-electron chi connectivity index (χ0n) is 30.5. The molecule has 3 heterocycles. The van der Waals surface area contributed by atoms with Gasteiger partial charge in [0.15, 0.2) is 5.52 Å². The maximum Gasteiger partial charge on any atom is 0.281 e. The van der Waals surface area contributed by atoms with Crippen LogP contribution in [0.25, 0.3) is 22.3 Å². The minimum atomic E-state index is -1.12. The highest BCUT2D eigenvalue weighted by molar-refractivity contribution is 5.89. The van der Waals surface area contributed by atoms with E-state index in [-0.39, 0.29) is 41.3 Å². The van der Waals surface area contributed by atoms with Gasteiger partial charge in [0, 0.05) is 44.6 Å². The van der Waals surface area contributed by atoms with Crippen molar-refractivity contribution in [1.29, 1.82) is 0 Å². The zero-order chi connectivity index (χ0) is 36.4. The summed E-state index contributed by atoms with van der Waals surface area (Å²) in [7, 11) is 1.80. The lowest BCUT2D eigenvalue weighted by molar-refractivity contribution is -0.136. The summed E-state index contributed by atoms with van der Waals surface area (Å²) in [4.78, 5) is 44.9. The van der Waals surface area contributed by atoms with E-state index in [1.807, 2.05) is 47.4 Å². The van der Waals surface area contributed by atoms with E-state index in [1.165, 1.54) is 23.7 Å². The summed E-state index contributed by atoms with van der Waals surface area (Å²) in [6, 6.07) is 18.1. The van der Waals surface area contributed by atoms with Crippen molar-refractivity contribution in [3.05, 3.63) is 82.4 Å². The van der Waals surface area contributed by atoms with Crippen molar-refractivity contribution in [1.82, 2.24) is 29.5 Å². The van der Waals surface area contributed by atoms with E-state index in [4.69, 9.17) is 5.73 Å². The molecule has 0 bridgehead atoms. The second kappa shape index (κ2) is 17.7. The topological polar surface area (TPSA) is 148 Å². The van der Waals surface area contributed by atoms with Gasteiger partial charge in [-0.25, -0.2) is 4.98 Å². The van der Waals surface area contributed by atoms with Crippen molar-refractivity contribution in [3.8, 4) is 11.3 Å². The second-order valence-corrected chi connectivity index (χ2v) is 14.4. The number of likely N-dealkylation sites (tertiary alicyclic amines) is 1. The molecule has 2 aromatic carbocycles. The zero-order valence-corrected chi connectivity index (χ0v) is 30.5. The van der Waals surface area contributed by atoms with E-state index in [2.05, 4.69) is 41.4 Å². The number of hydrogen-bond donors (Lipinski definition) is 3. The van der Waals surface area contributed by atoms with Gasteiger partial charge in [0.25, 0.3) is 5.56 Å². The monoisotopic (exact) mass is 697 g/mol. The number of carbonyl (C=O) groups excluding carboxylic acids is 2. The van der Waals surface area contributed by atoms with Crippen molar-refractivity contribution < 1.29 is 14.7 Å². The van der Waals surface area contributed by atoms with Gasteiger partial charge in [-0.3, -0.25) is 23.6 Å². The maximum atomic E-state index is 13.6. The van der Waals surface area contributed by atoms with Crippen LogP contribution in [0.15, 0.2) is 65.7 Å². The number of aromatic nitrogens is 4. The van der Waals surface area contributed by atoms with Gasteiger partial charge in [-0.05, 0) is 55.7 Å². The molecule has 0 saturated carbocycles. The predicted molar refractivity (Wildman–Crippen MR) is 201 cm³/mol. The van der Waals surface area contributed by atoms with Gasteiger partial charge < -0.3 is 21.1 Å². The number of piperidine rings is 1. The van der Waals surface area contributed by atoms with Crippen LogP contribution in [-0.4, -0.2) is 66.4 Å². The third kappa shape index (κ3) is 9.92. The van der Waals surface area contributed by atoms with E-state index >= 15 is 0 Å². The molecule has 11 heteroatoms. The highest BCUT2D eigenvalue weighted by Gasteiger charge is 2.35. The summed E-state index contributed by atoms with van der Waals surface area (Å²) in [6.07, 6.45) is 9.85. The van der Waals surface area contributed by atoms with E-state index < -0.39 is 5.60 Å². The molecule has 0 radical (unpaired) electrons. The van der Waals surface area contributed by atoms with Crippen LogP contribution in [0.1, 0.15) is 95.1 Å². The number of benzene rings is 2. The molecule has 2 aromatic heterocycles. The third-order valence-electron chi connectivity index (χ3n) is 10.4. The number of carbonyl (C=O) groups is 2. The summed E-state index contributed by atoms with van der Waals surface area (Å²) < 4.78 is 3.13. The Labute approximate surface area is 301 Å². The Morgan fingerprint density at radius 2 is 1.69 bits per heavy atom. The molecule has 51 heavy (non-hydrogen) atoms. The van der Waals surface area contributed by atoms with Gasteiger partial charge in [-0.15, -0.1) is 0 Å². The number of unbranched alkanes of at least 4 members (excludes halogenated alkanes) is 3. The molecule has 1 saturated heterocycles. The number of nitrogens with zero attached hydrogens (tertiary/aromatic N) is 5. The Morgan fingerprint density at radius 3 is 2.37 bits per heavy atom. The number of aryl methyl sites for hydroxylation is 1. The second-order valence-electron chi connectivity index (χ2n) is 14.4. The predicted octanol–water partition coefficient (Wildman–Crippen LogP) is 5.29. The van der Waals surface area contributed by atoms with Crippen LogP contribution in [0, 0.1) is 5.92 Å². The van der Waals surface area contributed by atoms with Gasteiger partial charge in [-0.2, -0.15) is 5.10 Å². The van der Waals surface area contributed by atoms with E-state index in [9.17, 15) is 19.5 Å². The molecular formula is C40H55N7O4. The lowest BCUT2D eigenvalue weighted by atomic mass is 9.90. The van der Waals surface area contributed by atoms with Crippen LogP contribution in [0.2, 0.25) is 0 Å². The Balaban J connectivity index is 1.14. The quantitative estimate of drug-likeness (QED) is 0.120. The summed E-state index contributed by atoms with van der Waals surface area (Å²) >= 11 is 0.